The molecule has 68 valence electrons. The van der Waals surface area contributed by atoms with Gasteiger partial charge in [-0.2, -0.15) is 5.17 Å². The Morgan fingerprint density at radius 2 is 2.08 bits per heavy atom. The Hall–Kier alpha value is -0.350. The number of hydroxylamine groups is 1. The molecule has 2 atom stereocenters. The molecule has 0 bridgehead atoms. The summed E-state index contributed by atoms with van der Waals surface area (Å²) in [6.45, 7) is 1.76. The average Bonchev–Trinajstić information content (AvgIpc) is 2.08. The molecule has 2 rings (SSSR count). The van der Waals surface area contributed by atoms with E-state index in [-0.39, 0.29) is 0 Å². The van der Waals surface area contributed by atoms with E-state index >= 15 is 0 Å². The lowest BCUT2D eigenvalue weighted by molar-refractivity contribution is -0.838. The largest absolute Gasteiger partial charge is 0.703 e. The number of hydrazine groups is 1. The minimum Gasteiger partial charge on any atom is -0.703 e. The van der Waals surface area contributed by atoms with Crippen LogP contribution in [0.3, 0.4) is 0 Å². The second-order valence-corrected chi connectivity index (χ2v) is 4.41. The monoisotopic (exact) mass is 190 g/mol. The minimum atomic E-state index is -0.951. The van der Waals surface area contributed by atoms with Crippen molar-refractivity contribution in [2.75, 3.05) is 0 Å². The summed E-state index contributed by atoms with van der Waals surface area (Å²) in [6.07, 6.45) is 3.26. The quantitative estimate of drug-likeness (QED) is 0.332. The second kappa shape index (κ2) is 2.12. The molecule has 1 aliphatic carbocycles. The van der Waals surface area contributed by atoms with Crippen molar-refractivity contribution in [3.8, 4) is 0 Å². The smallest absolute Gasteiger partial charge is 0.342 e. The highest BCUT2D eigenvalue weighted by atomic mass is 35.5. The number of fused-ring (bicyclic) bond motifs is 1. The molecule has 2 aliphatic rings. The molecule has 0 aromatic heterocycles. The number of hydrogen-bond acceptors (Lipinski definition) is 2. The van der Waals surface area contributed by atoms with Gasteiger partial charge in [0.15, 0.2) is 5.54 Å². The Morgan fingerprint density at radius 1 is 1.50 bits per heavy atom. The lowest BCUT2D eigenvalue weighted by atomic mass is 9.75. The number of hydrogen-bond donors (Lipinski definition) is 0. The maximum absolute atomic E-state index is 11.2. The van der Waals surface area contributed by atoms with E-state index in [0.29, 0.717) is 16.5 Å². The molecule has 0 aromatic carbocycles. The summed E-state index contributed by atoms with van der Waals surface area (Å²) in [6, 6.07) is 0. The summed E-state index contributed by atoms with van der Waals surface area (Å²) in [4.78, 5) is 10.5. The van der Waals surface area contributed by atoms with Crippen molar-refractivity contribution in [2.45, 2.75) is 43.1 Å². The van der Waals surface area contributed by atoms with Crippen molar-refractivity contribution < 1.29 is 4.87 Å². The van der Waals surface area contributed by atoms with Crippen LogP contribution in [0.25, 0.3) is 0 Å². The third kappa shape index (κ3) is 0.638. The van der Waals surface area contributed by atoms with E-state index < -0.39 is 10.5 Å². The molecular weight excluding hydrogens is 180 g/mol. The molecule has 2 fully saturated rings. The predicted molar refractivity (Wildman–Crippen MR) is 44.3 cm³/mol. The summed E-state index contributed by atoms with van der Waals surface area (Å²) in [7, 11) is 0. The van der Waals surface area contributed by atoms with E-state index in [2.05, 4.69) is 0 Å². The Balaban J connectivity index is 2.33. The van der Waals surface area contributed by atoms with Gasteiger partial charge in [-0.15, -0.1) is 0 Å². The van der Waals surface area contributed by atoms with Gasteiger partial charge in [0.05, 0.1) is 4.91 Å². The highest BCUT2D eigenvalue weighted by molar-refractivity contribution is 6.24. The van der Waals surface area contributed by atoms with Gasteiger partial charge >= 0.3 is 5.00 Å². The molecule has 1 saturated heterocycles. The molecule has 0 radical (unpaired) electrons. The maximum atomic E-state index is 11.2. The van der Waals surface area contributed by atoms with Gasteiger partial charge in [-0.05, 0) is 31.4 Å². The van der Waals surface area contributed by atoms with Crippen molar-refractivity contribution in [2.24, 2.45) is 0 Å². The van der Waals surface area contributed by atoms with Gasteiger partial charge in [-0.1, -0.05) is 6.42 Å². The summed E-state index contributed by atoms with van der Waals surface area (Å²) < 4.78 is 0. The van der Waals surface area contributed by atoms with Gasteiger partial charge in [0.1, 0.15) is 4.87 Å². The van der Waals surface area contributed by atoms with Gasteiger partial charge in [0.2, 0.25) is 0 Å². The molecule has 5 heteroatoms. The Morgan fingerprint density at radius 3 is 2.67 bits per heavy atom. The second-order valence-electron chi connectivity index (χ2n) is 3.79. The molecule has 2 unspecified atom stereocenters. The Bertz CT molecular complexity index is 248. The molecule has 0 aromatic rings. The fourth-order valence-electron chi connectivity index (χ4n) is 2.13. The third-order valence-electron chi connectivity index (χ3n) is 3.14. The molecule has 12 heavy (non-hydrogen) atoms. The zero-order valence-electron chi connectivity index (χ0n) is 6.92. The van der Waals surface area contributed by atoms with Crippen LogP contribution in [-0.2, 0) is 0 Å². The molecule has 1 heterocycles. The van der Waals surface area contributed by atoms with Gasteiger partial charge in [-0.25, -0.2) is 0 Å². The van der Waals surface area contributed by atoms with Gasteiger partial charge in [-0.3, -0.25) is 0 Å². The van der Waals surface area contributed by atoms with E-state index in [9.17, 15) is 10.1 Å². The van der Waals surface area contributed by atoms with Crippen LogP contribution in [0.2, 0.25) is 0 Å². The van der Waals surface area contributed by atoms with Gasteiger partial charge in [0.25, 0.3) is 0 Å². The summed E-state index contributed by atoms with van der Waals surface area (Å²) in [5.41, 5.74) is -0.658. The normalized spacial score (nSPS) is 46.9. The summed E-state index contributed by atoms with van der Waals surface area (Å²) >= 11 is 6.07. The molecule has 1 aliphatic heterocycles. The van der Waals surface area contributed by atoms with Crippen LogP contribution in [0.15, 0.2) is 0 Å². The molecule has 1 saturated carbocycles. The lowest BCUT2D eigenvalue weighted by Gasteiger charge is -2.56. The molecule has 0 N–H and O–H groups in total. The Labute approximate surface area is 75.6 Å². The molecule has 0 spiro atoms. The minimum absolute atomic E-state index is 0.369. The number of nitroso groups, excluding NO2 is 1. The lowest BCUT2D eigenvalue weighted by Crippen LogP contribution is -2.78. The highest BCUT2D eigenvalue weighted by Gasteiger charge is 2.75. The Kier molecular flexibility index (Phi) is 1.46. The van der Waals surface area contributed by atoms with E-state index in [1.807, 2.05) is 0 Å². The zero-order valence-corrected chi connectivity index (χ0v) is 7.67. The van der Waals surface area contributed by atoms with Crippen LogP contribution in [0.4, 0.5) is 0 Å². The highest BCUT2D eigenvalue weighted by Crippen LogP contribution is 2.53. The maximum Gasteiger partial charge on any atom is 0.342 e. The van der Waals surface area contributed by atoms with Crippen LogP contribution in [0.1, 0.15) is 32.6 Å². The molecule has 4 nitrogen and oxygen atoms in total. The zero-order chi connectivity index (χ0) is 8.98. The predicted octanol–water partition coefficient (Wildman–Crippen LogP) is 1.76. The van der Waals surface area contributed by atoms with E-state index in [0.717, 1.165) is 19.3 Å². The van der Waals surface area contributed by atoms with Crippen molar-refractivity contribution in [1.82, 2.24) is 5.17 Å². The topological polar surface area (TPSA) is 46.4 Å². The first kappa shape index (κ1) is 8.26. The van der Waals surface area contributed by atoms with E-state index in [1.165, 1.54) is 0 Å². The van der Waals surface area contributed by atoms with Crippen LogP contribution in [0.5, 0.6) is 0 Å². The van der Waals surface area contributed by atoms with Crippen molar-refractivity contribution in [3.05, 3.63) is 10.1 Å². The standard InChI is InChI=1S/C7H11ClN2O2/c1-6-4-2-3-5-7(6,8)10(12)9(6)11/h2-5H2,1H3. The number of nitrogens with zero attached hydrogens (tertiary/aromatic N) is 2. The van der Waals surface area contributed by atoms with Crippen molar-refractivity contribution in [1.29, 1.82) is 0 Å². The van der Waals surface area contributed by atoms with Crippen LogP contribution in [0, 0.1) is 10.1 Å². The van der Waals surface area contributed by atoms with Crippen LogP contribution in [-0.4, -0.2) is 20.6 Å². The SMILES string of the molecule is CC12CCCCC1(Cl)[N+](=O)N2[O-]. The van der Waals surface area contributed by atoms with Crippen molar-refractivity contribution >= 4 is 11.6 Å². The first-order chi connectivity index (χ1) is 5.52. The first-order valence-corrected chi connectivity index (χ1v) is 4.54. The van der Waals surface area contributed by atoms with E-state index in [4.69, 9.17) is 11.6 Å². The van der Waals surface area contributed by atoms with Gasteiger partial charge in [0, 0.05) is 6.42 Å². The number of alkyl halides is 1. The summed E-state index contributed by atoms with van der Waals surface area (Å²) in [5.74, 6) is 0. The van der Waals surface area contributed by atoms with Crippen LogP contribution >= 0.6 is 11.6 Å². The molecule has 0 amide bonds. The molecular formula is C7H11ClN2O2. The average molecular weight is 191 g/mol. The number of halogens is 1. The van der Waals surface area contributed by atoms with Gasteiger partial charge < -0.3 is 5.21 Å². The summed E-state index contributed by atoms with van der Waals surface area (Å²) in [5, 5.41) is 11.6. The first-order valence-electron chi connectivity index (χ1n) is 4.16. The third-order valence-corrected chi connectivity index (χ3v) is 3.88. The fraction of sp³-hybridized carbons (Fsp3) is 1.00. The van der Waals surface area contributed by atoms with Crippen molar-refractivity contribution in [3.63, 3.8) is 0 Å². The fourth-order valence-corrected chi connectivity index (χ4v) is 2.50. The number of rotatable bonds is 0. The van der Waals surface area contributed by atoms with E-state index in [1.54, 1.807) is 6.92 Å². The van der Waals surface area contributed by atoms with Crippen LogP contribution < -0.4 is 0 Å².